The predicted molar refractivity (Wildman–Crippen MR) is 435 cm³/mol. The summed E-state index contributed by atoms with van der Waals surface area (Å²) in [5.74, 6) is 0.733. The first-order chi connectivity index (χ1) is 50.4. The van der Waals surface area contributed by atoms with Crippen LogP contribution in [0.2, 0.25) is 0 Å². The van der Waals surface area contributed by atoms with Gasteiger partial charge in [-0.1, -0.05) is 297 Å². The molecule has 12 heteroatoms. The molecule has 3 saturated carbocycles. The van der Waals surface area contributed by atoms with Crippen LogP contribution in [-0.2, 0) is 41.6 Å². The van der Waals surface area contributed by atoms with Gasteiger partial charge >= 0.3 is 12.2 Å². The molecule has 2 amide bonds. The largest absolute Gasteiger partial charge is 0.445 e. The van der Waals surface area contributed by atoms with Crippen LogP contribution in [0.4, 0.5) is 9.59 Å². The fourth-order valence-electron chi connectivity index (χ4n) is 13.4. The maximum absolute atomic E-state index is 12.1. The fourth-order valence-corrected chi connectivity index (χ4v) is 13.4. The maximum atomic E-state index is 12.1. The van der Waals surface area contributed by atoms with E-state index in [4.69, 9.17) is 28.4 Å². The third kappa shape index (κ3) is 51.2. The van der Waals surface area contributed by atoms with E-state index in [0.717, 1.165) is 62.4 Å². The van der Waals surface area contributed by atoms with Gasteiger partial charge in [0.25, 0.3) is 0 Å². The van der Waals surface area contributed by atoms with Crippen molar-refractivity contribution in [1.29, 1.82) is 0 Å². The van der Waals surface area contributed by atoms with Crippen LogP contribution >= 0.6 is 0 Å². The molecule has 588 valence electrons. The molecule has 2 aromatic rings. The number of methoxy groups -OCH3 is 2. The highest BCUT2D eigenvalue weighted by Gasteiger charge is 2.39. The number of allylic oxidation sites excluding steroid dienone is 12. The average Bonchev–Trinajstić information content (AvgIpc) is 1.72. The number of nitrogens with zero attached hydrogens (tertiary/aromatic N) is 2. The van der Waals surface area contributed by atoms with Gasteiger partial charge in [-0.05, 0) is 165 Å². The Labute approximate surface area is 631 Å². The molecule has 0 spiro atoms. The van der Waals surface area contributed by atoms with Gasteiger partial charge in [-0.15, -0.1) is 0 Å². The Morgan fingerprint density at radius 2 is 0.641 bits per heavy atom. The van der Waals surface area contributed by atoms with E-state index in [1.165, 1.54) is 236 Å². The molecular formula is C91H154N2O10. The van der Waals surface area contributed by atoms with Crippen molar-refractivity contribution in [1.82, 2.24) is 9.80 Å². The van der Waals surface area contributed by atoms with Crippen LogP contribution in [0.15, 0.2) is 134 Å². The predicted octanol–water partition coefficient (Wildman–Crippen LogP) is 24.6. The van der Waals surface area contributed by atoms with Crippen LogP contribution in [0, 0.1) is 5.92 Å². The van der Waals surface area contributed by atoms with Gasteiger partial charge < -0.3 is 48.4 Å². The summed E-state index contributed by atoms with van der Waals surface area (Å²) >= 11 is 0. The van der Waals surface area contributed by atoms with E-state index in [0.29, 0.717) is 25.0 Å². The molecule has 0 radical (unpaired) electrons. The van der Waals surface area contributed by atoms with Gasteiger partial charge in [0.2, 0.25) is 0 Å². The van der Waals surface area contributed by atoms with Gasteiger partial charge in [-0.3, -0.25) is 0 Å². The van der Waals surface area contributed by atoms with Crippen molar-refractivity contribution in [2.45, 2.75) is 373 Å². The van der Waals surface area contributed by atoms with Crippen LogP contribution in [0.1, 0.15) is 322 Å². The average molecular weight is 1440 g/mol. The zero-order valence-electron chi connectivity index (χ0n) is 67.2. The summed E-state index contributed by atoms with van der Waals surface area (Å²) in [5, 5.41) is 19.0. The van der Waals surface area contributed by atoms with E-state index in [2.05, 4.69) is 108 Å². The number of hydrogen-bond donors (Lipinski definition) is 2. The monoisotopic (exact) mass is 1440 g/mol. The molecule has 0 saturated heterocycles. The minimum absolute atomic E-state index is 0.0318. The number of aliphatic hydroxyl groups is 2. The standard InChI is InChI=1S/C42H76O2.C19H36.C16H23NO4.C14H19NO4/c1-4-6-8-10-12-14-16-18-20-22-24-26-28-30-32-34-36-43-41-38-40(3)39-42(41)44-37-35-33-31-29-27-25-23-21-19-17-15-13-11-9-7-5-2;1-3-5-7-9-11-13-15-17-19-18-16-14-12-10-8-6-4-2;1-17(13-9-14(19-2)15(10-13)20-3)16(18)21-11-12-7-5-4-6-8-12;1-15(11-7-12(16)13(17)8-11)14(18)19-9-10-5-3-2-4-6-10/h12-15,18-21,40-42H,4-11,16-17,22-39H2,1-3H3;11,13,17,19H,3-10,12,14-16,18H2,1-2H3;4-8,13-15H,9-11H2,1-3H3;2-6,11-13,16-17H,7-9H2,1H3/b14-12-,15-13-,20-18-,21-19-;13-11-,19-17-;;/t40?,41-,42+;;13?,14-,15+;11?,12-,13+. The molecule has 0 bridgehead atoms. The topological polar surface area (TPSA) is 136 Å². The van der Waals surface area contributed by atoms with Gasteiger partial charge in [0.05, 0.1) is 36.6 Å². The van der Waals surface area contributed by atoms with Gasteiger partial charge in [0, 0.05) is 53.6 Å². The summed E-state index contributed by atoms with van der Waals surface area (Å²) in [6, 6.07) is 19.0. The van der Waals surface area contributed by atoms with Crippen molar-refractivity contribution in [2.75, 3.05) is 41.5 Å². The quantitative estimate of drug-likeness (QED) is 0.0487. The first-order valence-corrected chi connectivity index (χ1v) is 41.8. The molecule has 2 aromatic carbocycles. The molecule has 3 aliphatic rings. The van der Waals surface area contributed by atoms with Crippen molar-refractivity contribution in [3.8, 4) is 0 Å². The number of aliphatic hydroxyl groups excluding tert-OH is 2. The second-order valence-corrected chi connectivity index (χ2v) is 29.4. The molecule has 9 atom stereocenters. The van der Waals surface area contributed by atoms with E-state index in [-0.39, 0.29) is 43.6 Å². The second kappa shape index (κ2) is 67.8. The second-order valence-electron chi connectivity index (χ2n) is 29.4. The van der Waals surface area contributed by atoms with E-state index in [9.17, 15) is 19.8 Å². The van der Waals surface area contributed by atoms with E-state index in [1.807, 2.05) is 60.7 Å². The smallest absolute Gasteiger partial charge is 0.410 e. The molecule has 3 aliphatic carbocycles. The molecule has 3 fully saturated rings. The summed E-state index contributed by atoms with van der Waals surface area (Å²) in [6.07, 6.45) is 79.9. The minimum atomic E-state index is -0.755. The molecule has 5 rings (SSSR count). The number of carbonyl (C=O) groups is 2. The molecular weight excluding hydrogens is 1280 g/mol. The number of unbranched alkanes of at least 4 members (excludes halogenated alkanes) is 28. The molecule has 3 unspecified atom stereocenters. The van der Waals surface area contributed by atoms with Crippen LogP contribution in [-0.4, -0.2) is 122 Å². The van der Waals surface area contributed by atoms with Gasteiger partial charge in [-0.25, -0.2) is 9.59 Å². The normalized spacial score (nSPS) is 20.3. The Balaban J connectivity index is 0.000000508. The number of rotatable bonds is 54. The Kier molecular flexibility index (Phi) is 62.0. The van der Waals surface area contributed by atoms with Gasteiger partial charge in [0.15, 0.2) is 0 Å². The Morgan fingerprint density at radius 3 is 0.951 bits per heavy atom. The summed E-state index contributed by atoms with van der Waals surface area (Å²) in [5.41, 5.74) is 1.91. The molecule has 0 heterocycles. The lowest BCUT2D eigenvalue weighted by atomic mass is 10.1. The van der Waals surface area contributed by atoms with Crippen molar-refractivity contribution >= 4 is 12.2 Å². The summed E-state index contributed by atoms with van der Waals surface area (Å²) in [4.78, 5) is 27.1. The third-order valence-corrected chi connectivity index (χ3v) is 20.2. The summed E-state index contributed by atoms with van der Waals surface area (Å²) in [6.45, 7) is 13.8. The van der Waals surface area contributed by atoms with Crippen LogP contribution in [0.5, 0.6) is 0 Å². The molecule has 0 aliphatic heterocycles. The lowest BCUT2D eigenvalue weighted by molar-refractivity contribution is -0.0578. The third-order valence-electron chi connectivity index (χ3n) is 20.2. The van der Waals surface area contributed by atoms with Crippen LogP contribution < -0.4 is 0 Å². The van der Waals surface area contributed by atoms with E-state index >= 15 is 0 Å². The van der Waals surface area contributed by atoms with Crippen LogP contribution in [0.25, 0.3) is 0 Å². The SMILES string of the molecule is CCCCC/C=C\C/C=C\CCCCCCCCC.CCCCC/C=C\C/C=C\CCCCCCCCO[C@H]1CC(C)C[C@H]1OCCCCCCCC/C=C\C/C=C\CCCCC.CN(C(=O)OCc1ccccc1)C1C[C@@H](O)[C@@H](O)C1.CO[C@H]1CC(N(C)C(=O)OCc2ccccc2)C[C@H]1OC. The molecule has 12 nitrogen and oxygen atoms in total. The zero-order valence-corrected chi connectivity index (χ0v) is 67.2. The number of carbonyl (C=O) groups excluding carboxylic acids is 2. The summed E-state index contributed by atoms with van der Waals surface area (Å²) in [7, 11) is 6.74. The van der Waals surface area contributed by atoms with E-state index < -0.39 is 18.3 Å². The first-order valence-electron chi connectivity index (χ1n) is 41.8. The highest BCUT2D eigenvalue weighted by Crippen LogP contribution is 2.32. The minimum Gasteiger partial charge on any atom is -0.445 e. The number of amides is 2. The van der Waals surface area contributed by atoms with Crippen LogP contribution in [0.3, 0.4) is 0 Å². The fraction of sp³-hybridized carbons (Fsp3) is 0.714. The maximum Gasteiger partial charge on any atom is 0.410 e. The number of benzene rings is 2. The van der Waals surface area contributed by atoms with Crippen molar-refractivity contribution in [2.24, 2.45) is 5.92 Å². The summed E-state index contributed by atoms with van der Waals surface area (Å²) < 4.78 is 34.0. The molecule has 103 heavy (non-hydrogen) atoms. The molecule has 2 N–H and O–H groups in total. The van der Waals surface area contributed by atoms with Crippen molar-refractivity contribution < 1.29 is 48.2 Å². The Bertz CT molecular complexity index is 2330. The lowest BCUT2D eigenvalue weighted by Crippen LogP contribution is -2.36. The first kappa shape index (κ1) is 94.3. The van der Waals surface area contributed by atoms with Gasteiger partial charge in [-0.2, -0.15) is 0 Å². The van der Waals surface area contributed by atoms with Crippen molar-refractivity contribution in [3.05, 3.63) is 145 Å². The number of hydrogen-bond acceptors (Lipinski definition) is 10. The molecule has 0 aromatic heterocycles. The van der Waals surface area contributed by atoms with E-state index in [1.54, 1.807) is 33.2 Å². The Hall–Kier alpha value is -4.82. The number of ether oxygens (including phenoxy) is 6. The lowest BCUT2D eigenvalue weighted by Gasteiger charge is -2.23. The highest BCUT2D eigenvalue weighted by molar-refractivity contribution is 5.68. The van der Waals surface area contributed by atoms with Crippen molar-refractivity contribution in [3.63, 3.8) is 0 Å². The zero-order chi connectivity index (χ0) is 74.7. The van der Waals surface area contributed by atoms with Gasteiger partial charge in [0.1, 0.15) is 13.2 Å². The highest BCUT2D eigenvalue weighted by atomic mass is 16.6. The Morgan fingerprint density at radius 1 is 0.369 bits per heavy atom.